The van der Waals surface area contributed by atoms with E-state index in [9.17, 15) is 4.39 Å². The molecule has 0 unspecified atom stereocenters. The molecule has 3 heterocycles. The van der Waals surface area contributed by atoms with Gasteiger partial charge in [0, 0.05) is 16.7 Å². The molecule has 4 rings (SSSR count). The van der Waals surface area contributed by atoms with Crippen LogP contribution in [0.15, 0.2) is 47.1 Å². The summed E-state index contributed by atoms with van der Waals surface area (Å²) < 4.78 is 31.5. The number of hydrogen-bond donors (Lipinski definition) is 0. The number of allylic oxidation sites excluding steroid dienone is 3. The third-order valence-electron chi connectivity index (χ3n) is 4.99. The lowest BCUT2D eigenvalue weighted by molar-refractivity contribution is 0.516. The summed E-state index contributed by atoms with van der Waals surface area (Å²) in [5, 5.41) is 8.24. The average molecular weight is 446 g/mol. The first-order chi connectivity index (χ1) is 13.4. The summed E-state index contributed by atoms with van der Waals surface area (Å²) in [7, 11) is 0. The summed E-state index contributed by atoms with van der Waals surface area (Å²) in [6, 6.07) is 2.64. The van der Waals surface area contributed by atoms with Gasteiger partial charge in [0.15, 0.2) is 11.6 Å². The zero-order valence-corrected chi connectivity index (χ0v) is 16.9. The number of rotatable bonds is 3. The molecule has 0 radical (unpaired) electrons. The fourth-order valence-electron chi connectivity index (χ4n) is 3.70. The Labute approximate surface area is 169 Å². The standard InChI is InChI=1S/C20H18BrF2N5/c1-4-15-13(11(2)21)7-5-6-10-27(15)19-17-16(9-8-14(22)18(17)23)28-12(3)25-26-20(28)24-19/h4,8-9H,1-2,5-7,10H2,3H3. The minimum atomic E-state index is -0.943. The van der Waals surface area contributed by atoms with E-state index in [4.69, 9.17) is 0 Å². The lowest BCUT2D eigenvalue weighted by Crippen LogP contribution is -2.25. The van der Waals surface area contributed by atoms with Crippen molar-refractivity contribution in [1.29, 1.82) is 0 Å². The minimum absolute atomic E-state index is 0.0937. The van der Waals surface area contributed by atoms with Crippen molar-refractivity contribution in [2.45, 2.75) is 26.2 Å². The van der Waals surface area contributed by atoms with E-state index < -0.39 is 11.6 Å². The van der Waals surface area contributed by atoms with Gasteiger partial charge in [0.1, 0.15) is 11.6 Å². The van der Waals surface area contributed by atoms with Gasteiger partial charge in [0.25, 0.3) is 5.78 Å². The van der Waals surface area contributed by atoms with Crippen LogP contribution >= 0.6 is 15.9 Å². The highest BCUT2D eigenvalue weighted by atomic mass is 79.9. The number of halogens is 3. The molecular weight excluding hydrogens is 428 g/mol. The number of hydrogen-bond acceptors (Lipinski definition) is 4. The molecule has 1 aliphatic heterocycles. The van der Waals surface area contributed by atoms with Crippen molar-refractivity contribution < 1.29 is 8.78 Å². The molecule has 0 bridgehead atoms. The van der Waals surface area contributed by atoms with Crippen molar-refractivity contribution >= 4 is 38.4 Å². The normalized spacial score (nSPS) is 15.4. The van der Waals surface area contributed by atoms with E-state index >= 15 is 4.39 Å². The van der Waals surface area contributed by atoms with Crippen LogP contribution in [0.1, 0.15) is 25.1 Å². The summed E-state index contributed by atoms with van der Waals surface area (Å²) in [5.74, 6) is -0.686. The molecule has 2 aromatic heterocycles. The quantitative estimate of drug-likeness (QED) is 0.555. The second-order valence-corrected chi connectivity index (χ2v) is 7.61. The molecule has 1 aromatic carbocycles. The molecule has 0 fully saturated rings. The van der Waals surface area contributed by atoms with E-state index in [1.54, 1.807) is 17.4 Å². The van der Waals surface area contributed by atoms with Gasteiger partial charge in [-0.3, -0.25) is 4.40 Å². The van der Waals surface area contributed by atoms with Gasteiger partial charge in [-0.2, -0.15) is 4.98 Å². The maximum Gasteiger partial charge on any atom is 0.257 e. The SMILES string of the molecule is C=CC1=C(C(=C)Br)CCCCN1c1nc2nnc(C)n2c2ccc(F)c(F)c12. The fraction of sp³-hybridized carbons (Fsp3) is 0.250. The van der Waals surface area contributed by atoms with Crippen LogP contribution in [0.4, 0.5) is 14.6 Å². The largest absolute Gasteiger partial charge is 0.325 e. The smallest absolute Gasteiger partial charge is 0.257 e. The molecule has 0 spiro atoms. The molecule has 28 heavy (non-hydrogen) atoms. The molecule has 8 heteroatoms. The molecule has 1 aliphatic rings. The number of aryl methyl sites for hydroxylation is 1. The second-order valence-electron chi connectivity index (χ2n) is 6.66. The topological polar surface area (TPSA) is 46.3 Å². The first-order valence-corrected chi connectivity index (χ1v) is 9.70. The molecule has 0 saturated heterocycles. The number of fused-ring (bicyclic) bond motifs is 3. The Hall–Kier alpha value is -2.61. The van der Waals surface area contributed by atoms with E-state index in [2.05, 4.69) is 44.3 Å². The summed E-state index contributed by atoms with van der Waals surface area (Å²) in [5.41, 5.74) is 2.21. The van der Waals surface area contributed by atoms with Crippen LogP contribution in [0, 0.1) is 18.6 Å². The van der Waals surface area contributed by atoms with Gasteiger partial charge in [0.05, 0.1) is 10.9 Å². The number of nitrogens with zero attached hydrogens (tertiary/aromatic N) is 5. The zero-order valence-electron chi connectivity index (χ0n) is 15.3. The number of aromatic nitrogens is 4. The maximum absolute atomic E-state index is 15.0. The molecule has 0 saturated carbocycles. The summed E-state index contributed by atoms with van der Waals surface area (Å²) >= 11 is 3.46. The molecule has 0 atom stereocenters. The highest BCUT2D eigenvalue weighted by molar-refractivity contribution is 9.11. The predicted molar refractivity (Wildman–Crippen MR) is 109 cm³/mol. The van der Waals surface area contributed by atoms with Crippen LogP contribution in [-0.4, -0.2) is 26.1 Å². The average Bonchev–Trinajstić information content (AvgIpc) is 2.91. The van der Waals surface area contributed by atoms with Crippen LogP contribution in [0.5, 0.6) is 0 Å². The van der Waals surface area contributed by atoms with Crippen LogP contribution in [0.25, 0.3) is 16.7 Å². The van der Waals surface area contributed by atoms with E-state index in [-0.39, 0.29) is 5.39 Å². The molecular formula is C20H18BrF2N5. The Morgan fingerprint density at radius 2 is 2.04 bits per heavy atom. The lowest BCUT2D eigenvalue weighted by Gasteiger charge is -2.26. The number of benzene rings is 1. The van der Waals surface area contributed by atoms with Crippen LogP contribution < -0.4 is 4.90 Å². The van der Waals surface area contributed by atoms with Gasteiger partial charge >= 0.3 is 0 Å². The zero-order chi connectivity index (χ0) is 20.0. The highest BCUT2D eigenvalue weighted by Gasteiger charge is 2.26. The summed E-state index contributed by atoms with van der Waals surface area (Å²) in [6.45, 7) is 10.3. The summed E-state index contributed by atoms with van der Waals surface area (Å²) in [6.07, 6.45) is 4.31. The van der Waals surface area contributed by atoms with Crippen LogP contribution in [0.2, 0.25) is 0 Å². The van der Waals surface area contributed by atoms with Crippen molar-refractivity contribution in [2.24, 2.45) is 0 Å². The monoisotopic (exact) mass is 445 g/mol. The lowest BCUT2D eigenvalue weighted by atomic mass is 10.1. The second kappa shape index (κ2) is 7.09. The maximum atomic E-state index is 15.0. The van der Waals surface area contributed by atoms with Gasteiger partial charge in [0.2, 0.25) is 0 Å². The van der Waals surface area contributed by atoms with Crippen LogP contribution in [0.3, 0.4) is 0 Å². The molecule has 0 amide bonds. The number of anilines is 1. The molecule has 144 valence electrons. The Balaban J connectivity index is 2.12. The molecule has 0 N–H and O–H groups in total. The molecule has 5 nitrogen and oxygen atoms in total. The predicted octanol–water partition coefficient (Wildman–Crippen LogP) is 5.20. The van der Waals surface area contributed by atoms with Gasteiger partial charge in [-0.1, -0.05) is 29.1 Å². The third kappa shape index (κ3) is 2.83. The third-order valence-corrected chi connectivity index (χ3v) is 5.46. The van der Waals surface area contributed by atoms with E-state index in [1.807, 2.05) is 4.90 Å². The minimum Gasteiger partial charge on any atom is -0.325 e. The Kier molecular flexibility index (Phi) is 4.74. The fourth-order valence-corrected chi connectivity index (χ4v) is 4.10. The van der Waals surface area contributed by atoms with Crippen molar-refractivity contribution in [1.82, 2.24) is 19.6 Å². The van der Waals surface area contributed by atoms with E-state index in [0.29, 0.717) is 29.5 Å². The first kappa shape index (κ1) is 18.7. The Bertz CT molecular complexity index is 1160. The van der Waals surface area contributed by atoms with Gasteiger partial charge in [-0.25, -0.2) is 8.78 Å². The van der Waals surface area contributed by atoms with Crippen molar-refractivity contribution in [3.8, 4) is 0 Å². The van der Waals surface area contributed by atoms with E-state index in [0.717, 1.165) is 41.1 Å². The van der Waals surface area contributed by atoms with Gasteiger partial charge in [-0.05, 0) is 50.0 Å². The van der Waals surface area contributed by atoms with Crippen LogP contribution in [-0.2, 0) is 0 Å². The van der Waals surface area contributed by atoms with Crippen molar-refractivity contribution in [3.63, 3.8) is 0 Å². The van der Waals surface area contributed by atoms with E-state index in [1.165, 1.54) is 6.07 Å². The molecule has 3 aromatic rings. The van der Waals surface area contributed by atoms with Crippen molar-refractivity contribution in [2.75, 3.05) is 11.4 Å². The van der Waals surface area contributed by atoms with Gasteiger partial charge in [-0.15, -0.1) is 10.2 Å². The first-order valence-electron chi connectivity index (χ1n) is 8.91. The Morgan fingerprint density at radius 1 is 1.25 bits per heavy atom. The van der Waals surface area contributed by atoms with Crippen molar-refractivity contribution in [3.05, 3.63) is 64.6 Å². The molecule has 0 aliphatic carbocycles. The summed E-state index contributed by atoms with van der Waals surface area (Å²) in [4.78, 5) is 6.44. The van der Waals surface area contributed by atoms with Gasteiger partial charge < -0.3 is 4.90 Å². The Morgan fingerprint density at radius 3 is 2.75 bits per heavy atom. The highest BCUT2D eigenvalue weighted by Crippen LogP contribution is 2.37.